The largest absolute Gasteiger partial charge is 0.416 e. The van der Waals surface area contributed by atoms with Crippen molar-refractivity contribution in [2.75, 3.05) is 18.4 Å². The lowest BCUT2D eigenvalue weighted by Gasteiger charge is -2.22. The Morgan fingerprint density at radius 1 is 1.11 bits per heavy atom. The predicted molar refractivity (Wildman–Crippen MR) is 67.4 cm³/mol. The summed E-state index contributed by atoms with van der Waals surface area (Å²) in [6, 6.07) is 5.04. The highest BCUT2D eigenvalue weighted by Crippen LogP contribution is 2.29. The van der Waals surface area contributed by atoms with Crippen LogP contribution in [0.25, 0.3) is 0 Å². The van der Waals surface area contributed by atoms with Crippen molar-refractivity contribution in [3.05, 3.63) is 29.8 Å². The molecule has 3 N–H and O–H groups in total. The van der Waals surface area contributed by atoms with Crippen LogP contribution in [-0.2, 0) is 6.18 Å². The van der Waals surface area contributed by atoms with Gasteiger partial charge in [0.15, 0.2) is 0 Å². The van der Waals surface area contributed by atoms with E-state index in [0.717, 1.165) is 18.6 Å². The van der Waals surface area contributed by atoms with Crippen LogP contribution >= 0.6 is 0 Å². The molecule has 0 amide bonds. The minimum atomic E-state index is -4.28. The number of alkyl halides is 3. The molecule has 18 heavy (non-hydrogen) atoms. The Morgan fingerprint density at radius 2 is 1.67 bits per heavy atom. The van der Waals surface area contributed by atoms with E-state index in [0.29, 0.717) is 18.8 Å². The van der Waals surface area contributed by atoms with E-state index in [1.54, 1.807) is 0 Å². The second-order valence-electron chi connectivity index (χ2n) is 5.12. The van der Waals surface area contributed by atoms with Crippen LogP contribution in [-0.4, -0.2) is 13.1 Å². The van der Waals surface area contributed by atoms with Crippen LogP contribution in [0.5, 0.6) is 0 Å². The zero-order valence-corrected chi connectivity index (χ0v) is 10.6. The molecular formula is C13H19F3N2. The smallest absolute Gasteiger partial charge is 0.385 e. The Labute approximate surface area is 105 Å². The van der Waals surface area contributed by atoms with Gasteiger partial charge in [0.1, 0.15) is 0 Å². The standard InChI is InChI=1S/C13H19F3N2/c1-12(2,9-17)7-8-18-11-5-3-10(4-6-11)13(14,15)16/h3-6,18H,7-9,17H2,1-2H3. The molecule has 1 aromatic rings. The van der Waals surface area contributed by atoms with Crippen molar-refractivity contribution < 1.29 is 13.2 Å². The van der Waals surface area contributed by atoms with Gasteiger partial charge in [-0.1, -0.05) is 13.8 Å². The summed E-state index contributed by atoms with van der Waals surface area (Å²) in [5.41, 5.74) is 5.70. The fraction of sp³-hybridized carbons (Fsp3) is 0.538. The van der Waals surface area contributed by atoms with E-state index in [9.17, 15) is 13.2 Å². The van der Waals surface area contributed by atoms with E-state index in [4.69, 9.17) is 5.73 Å². The minimum Gasteiger partial charge on any atom is -0.385 e. The lowest BCUT2D eigenvalue weighted by atomic mass is 9.90. The zero-order valence-electron chi connectivity index (χ0n) is 10.6. The van der Waals surface area contributed by atoms with Gasteiger partial charge in [0, 0.05) is 12.2 Å². The summed E-state index contributed by atoms with van der Waals surface area (Å²) in [6.07, 6.45) is -3.41. The fourth-order valence-electron chi connectivity index (χ4n) is 1.42. The highest BCUT2D eigenvalue weighted by atomic mass is 19.4. The monoisotopic (exact) mass is 260 g/mol. The summed E-state index contributed by atoms with van der Waals surface area (Å²) in [5, 5.41) is 3.09. The SMILES string of the molecule is CC(C)(CN)CCNc1ccc(C(F)(F)F)cc1. The number of nitrogens with two attached hydrogens (primary N) is 1. The third-order valence-electron chi connectivity index (χ3n) is 2.90. The number of nitrogens with one attached hydrogen (secondary N) is 1. The molecule has 0 saturated heterocycles. The molecule has 0 saturated carbocycles. The molecule has 0 spiro atoms. The third-order valence-corrected chi connectivity index (χ3v) is 2.90. The topological polar surface area (TPSA) is 38.0 Å². The van der Waals surface area contributed by atoms with E-state index in [1.165, 1.54) is 12.1 Å². The first-order valence-electron chi connectivity index (χ1n) is 5.86. The van der Waals surface area contributed by atoms with Gasteiger partial charge in [-0.3, -0.25) is 0 Å². The van der Waals surface area contributed by atoms with Gasteiger partial charge < -0.3 is 11.1 Å². The van der Waals surface area contributed by atoms with Gasteiger partial charge in [0.2, 0.25) is 0 Å². The third kappa shape index (κ3) is 4.56. The number of benzene rings is 1. The lowest BCUT2D eigenvalue weighted by Crippen LogP contribution is -2.26. The van der Waals surface area contributed by atoms with Crippen LogP contribution in [0, 0.1) is 5.41 Å². The molecule has 102 valence electrons. The van der Waals surface area contributed by atoms with Gasteiger partial charge >= 0.3 is 6.18 Å². The van der Waals surface area contributed by atoms with Crippen molar-refractivity contribution >= 4 is 5.69 Å². The Morgan fingerprint density at radius 3 is 2.11 bits per heavy atom. The second kappa shape index (κ2) is 5.61. The van der Waals surface area contributed by atoms with Crippen molar-refractivity contribution in [1.82, 2.24) is 0 Å². The van der Waals surface area contributed by atoms with Crippen molar-refractivity contribution in [3.63, 3.8) is 0 Å². The molecule has 0 bridgehead atoms. The van der Waals surface area contributed by atoms with E-state index in [2.05, 4.69) is 19.2 Å². The maximum absolute atomic E-state index is 12.3. The van der Waals surface area contributed by atoms with Gasteiger partial charge in [-0.15, -0.1) is 0 Å². The first kappa shape index (κ1) is 14.8. The van der Waals surface area contributed by atoms with Gasteiger partial charge in [-0.2, -0.15) is 13.2 Å². The summed E-state index contributed by atoms with van der Waals surface area (Å²) in [7, 11) is 0. The quantitative estimate of drug-likeness (QED) is 0.850. The summed E-state index contributed by atoms with van der Waals surface area (Å²) in [6.45, 7) is 5.39. The second-order valence-corrected chi connectivity index (χ2v) is 5.12. The molecule has 0 radical (unpaired) electrons. The summed E-state index contributed by atoms with van der Waals surface area (Å²) < 4.78 is 37.0. The van der Waals surface area contributed by atoms with Crippen molar-refractivity contribution in [2.45, 2.75) is 26.4 Å². The zero-order chi connectivity index (χ0) is 13.8. The van der Waals surface area contributed by atoms with E-state index in [-0.39, 0.29) is 5.41 Å². The van der Waals surface area contributed by atoms with Gasteiger partial charge in [-0.05, 0) is 42.6 Å². The fourth-order valence-corrected chi connectivity index (χ4v) is 1.42. The van der Waals surface area contributed by atoms with E-state index >= 15 is 0 Å². The molecule has 0 aliphatic rings. The van der Waals surface area contributed by atoms with Crippen molar-refractivity contribution in [1.29, 1.82) is 0 Å². The number of halogens is 3. The molecule has 0 atom stereocenters. The summed E-state index contributed by atoms with van der Waals surface area (Å²) >= 11 is 0. The van der Waals surface area contributed by atoms with Crippen LogP contribution < -0.4 is 11.1 Å². The average molecular weight is 260 g/mol. The molecule has 1 rings (SSSR count). The van der Waals surface area contributed by atoms with Crippen molar-refractivity contribution in [2.24, 2.45) is 11.1 Å². The molecule has 2 nitrogen and oxygen atoms in total. The van der Waals surface area contributed by atoms with Gasteiger partial charge in [0.05, 0.1) is 5.56 Å². The highest BCUT2D eigenvalue weighted by Gasteiger charge is 2.29. The molecule has 0 unspecified atom stereocenters. The minimum absolute atomic E-state index is 0.0406. The summed E-state index contributed by atoms with van der Waals surface area (Å²) in [4.78, 5) is 0. The highest BCUT2D eigenvalue weighted by molar-refractivity contribution is 5.45. The Balaban J connectivity index is 2.50. The maximum Gasteiger partial charge on any atom is 0.416 e. The number of hydrogen-bond donors (Lipinski definition) is 2. The summed E-state index contributed by atoms with van der Waals surface area (Å²) in [5.74, 6) is 0. The molecule has 0 aliphatic heterocycles. The molecule has 0 aliphatic carbocycles. The van der Waals surface area contributed by atoms with Crippen LogP contribution in [0.4, 0.5) is 18.9 Å². The molecular weight excluding hydrogens is 241 g/mol. The van der Waals surface area contributed by atoms with Crippen LogP contribution in [0.2, 0.25) is 0 Å². The Hall–Kier alpha value is -1.23. The van der Waals surface area contributed by atoms with Gasteiger partial charge in [-0.25, -0.2) is 0 Å². The van der Waals surface area contributed by atoms with Crippen LogP contribution in [0.1, 0.15) is 25.8 Å². The molecule has 1 aromatic carbocycles. The first-order valence-corrected chi connectivity index (χ1v) is 5.86. The van der Waals surface area contributed by atoms with Crippen molar-refractivity contribution in [3.8, 4) is 0 Å². The van der Waals surface area contributed by atoms with E-state index in [1.807, 2.05) is 0 Å². The average Bonchev–Trinajstić information content (AvgIpc) is 2.28. The number of hydrogen-bond acceptors (Lipinski definition) is 2. The van der Waals surface area contributed by atoms with E-state index < -0.39 is 11.7 Å². The molecule has 0 aromatic heterocycles. The predicted octanol–water partition coefficient (Wildman–Crippen LogP) is 3.49. The van der Waals surface area contributed by atoms with Gasteiger partial charge in [0.25, 0.3) is 0 Å². The Bertz CT molecular complexity index is 369. The lowest BCUT2D eigenvalue weighted by molar-refractivity contribution is -0.137. The first-order chi connectivity index (χ1) is 8.24. The maximum atomic E-state index is 12.3. The molecule has 0 fully saturated rings. The molecule has 0 heterocycles. The Kier molecular flexibility index (Phi) is 4.62. The number of rotatable bonds is 5. The number of anilines is 1. The molecule has 5 heteroatoms. The van der Waals surface area contributed by atoms with Crippen LogP contribution in [0.15, 0.2) is 24.3 Å². The van der Waals surface area contributed by atoms with Crippen LogP contribution in [0.3, 0.4) is 0 Å². The normalized spacial score (nSPS) is 12.6.